The van der Waals surface area contributed by atoms with E-state index in [2.05, 4.69) is 26.8 Å². The minimum absolute atomic E-state index is 0.105. The molecule has 0 aliphatic carbocycles. The number of rotatable bonds is 6. The van der Waals surface area contributed by atoms with Crippen molar-refractivity contribution in [3.05, 3.63) is 23.6 Å². The van der Waals surface area contributed by atoms with Crippen molar-refractivity contribution in [1.82, 2.24) is 19.8 Å². The monoisotopic (exact) mass is 406 g/mol. The first-order chi connectivity index (χ1) is 13.7. The van der Waals surface area contributed by atoms with Gasteiger partial charge < -0.3 is 19.1 Å². The Bertz CT molecular complexity index is 792. The maximum atomic E-state index is 6.34. The maximum absolute atomic E-state index is 6.34. The van der Waals surface area contributed by atoms with Crippen LogP contribution < -0.4 is 9.47 Å². The fraction of sp³-hybridized carbons (Fsp3) is 0.600. The van der Waals surface area contributed by atoms with Gasteiger partial charge in [0.15, 0.2) is 0 Å². The van der Waals surface area contributed by atoms with Gasteiger partial charge in [-0.2, -0.15) is 0 Å². The Morgan fingerprint density at radius 1 is 1.14 bits per heavy atom. The standard InChI is InChI=1S/C20H27ClN4O3/c1-24-4-6-25(7-5-24)8-11-27-16-12-17-19(20(21)23-14-22-17)18(13-16)28-15-2-9-26-10-3-15/h12-15H,2-11H2,1H3. The first-order valence-electron chi connectivity index (χ1n) is 9.91. The molecule has 0 radical (unpaired) electrons. The fourth-order valence-corrected chi connectivity index (χ4v) is 3.84. The molecule has 0 bridgehead atoms. The Hall–Kier alpha value is -1.67. The third kappa shape index (κ3) is 4.84. The summed E-state index contributed by atoms with van der Waals surface area (Å²) in [5.41, 5.74) is 0.735. The summed E-state index contributed by atoms with van der Waals surface area (Å²) in [6.45, 7) is 7.35. The second-order valence-corrected chi connectivity index (χ2v) is 7.76. The highest BCUT2D eigenvalue weighted by molar-refractivity contribution is 6.34. The number of aromatic nitrogens is 2. The first kappa shape index (κ1) is 19.6. The highest BCUT2D eigenvalue weighted by Crippen LogP contribution is 2.35. The van der Waals surface area contributed by atoms with E-state index in [9.17, 15) is 0 Å². The van der Waals surface area contributed by atoms with Crippen molar-refractivity contribution in [2.75, 3.05) is 59.6 Å². The van der Waals surface area contributed by atoms with Crippen molar-refractivity contribution < 1.29 is 14.2 Å². The molecule has 4 rings (SSSR count). The van der Waals surface area contributed by atoms with E-state index in [1.165, 1.54) is 6.33 Å². The summed E-state index contributed by atoms with van der Waals surface area (Å²) in [5, 5.41) is 1.14. The van der Waals surface area contributed by atoms with Gasteiger partial charge >= 0.3 is 0 Å². The van der Waals surface area contributed by atoms with Crippen LogP contribution in [0.15, 0.2) is 18.5 Å². The molecule has 0 amide bonds. The van der Waals surface area contributed by atoms with E-state index in [1.807, 2.05) is 12.1 Å². The van der Waals surface area contributed by atoms with Crippen molar-refractivity contribution in [3.8, 4) is 11.5 Å². The van der Waals surface area contributed by atoms with Crippen LogP contribution in [0.2, 0.25) is 5.15 Å². The molecule has 0 atom stereocenters. The van der Waals surface area contributed by atoms with Crippen molar-refractivity contribution in [2.45, 2.75) is 18.9 Å². The zero-order valence-corrected chi connectivity index (χ0v) is 17.0. The number of fused-ring (bicyclic) bond motifs is 1. The van der Waals surface area contributed by atoms with Crippen LogP contribution >= 0.6 is 11.6 Å². The summed E-state index contributed by atoms with van der Waals surface area (Å²) in [5.74, 6) is 1.43. The Labute approximate surface area is 170 Å². The van der Waals surface area contributed by atoms with Crippen LogP contribution in [-0.2, 0) is 4.74 Å². The van der Waals surface area contributed by atoms with Gasteiger partial charge in [0, 0.05) is 57.7 Å². The molecular formula is C20H27ClN4O3. The van der Waals surface area contributed by atoms with Crippen molar-refractivity contribution in [2.24, 2.45) is 0 Å². The number of hydrogen-bond acceptors (Lipinski definition) is 7. The molecule has 2 aliphatic heterocycles. The highest BCUT2D eigenvalue weighted by Gasteiger charge is 2.19. The van der Waals surface area contributed by atoms with Crippen LogP contribution in [0.5, 0.6) is 11.5 Å². The van der Waals surface area contributed by atoms with Crippen LogP contribution in [0.3, 0.4) is 0 Å². The molecule has 28 heavy (non-hydrogen) atoms. The van der Waals surface area contributed by atoms with Gasteiger partial charge in [0.05, 0.1) is 24.1 Å². The smallest absolute Gasteiger partial charge is 0.144 e. The minimum Gasteiger partial charge on any atom is -0.492 e. The molecule has 2 fully saturated rings. The van der Waals surface area contributed by atoms with Crippen LogP contribution in [-0.4, -0.2) is 85.5 Å². The van der Waals surface area contributed by atoms with E-state index in [4.69, 9.17) is 25.8 Å². The molecule has 0 spiro atoms. The molecule has 8 heteroatoms. The van der Waals surface area contributed by atoms with Gasteiger partial charge in [-0.25, -0.2) is 9.97 Å². The van der Waals surface area contributed by atoms with E-state index >= 15 is 0 Å². The van der Waals surface area contributed by atoms with E-state index in [1.54, 1.807) is 0 Å². The van der Waals surface area contributed by atoms with Gasteiger partial charge in [-0.3, -0.25) is 4.90 Å². The molecular weight excluding hydrogens is 380 g/mol. The predicted molar refractivity (Wildman–Crippen MR) is 108 cm³/mol. The maximum Gasteiger partial charge on any atom is 0.144 e. The molecule has 0 unspecified atom stereocenters. The topological polar surface area (TPSA) is 60.0 Å². The third-order valence-electron chi connectivity index (χ3n) is 5.36. The quantitative estimate of drug-likeness (QED) is 0.683. The van der Waals surface area contributed by atoms with Gasteiger partial charge in [0.2, 0.25) is 0 Å². The lowest BCUT2D eigenvalue weighted by Gasteiger charge is -2.32. The molecule has 2 saturated heterocycles. The summed E-state index contributed by atoms with van der Waals surface area (Å²) in [6.07, 6.45) is 3.30. The van der Waals surface area contributed by atoms with Crippen molar-refractivity contribution in [1.29, 1.82) is 0 Å². The van der Waals surface area contributed by atoms with Crippen molar-refractivity contribution >= 4 is 22.5 Å². The van der Waals surface area contributed by atoms with Gasteiger partial charge in [-0.1, -0.05) is 11.6 Å². The summed E-state index contributed by atoms with van der Waals surface area (Å²) in [6, 6.07) is 3.82. The molecule has 3 heterocycles. The summed E-state index contributed by atoms with van der Waals surface area (Å²) >= 11 is 6.34. The normalized spacial score (nSPS) is 19.8. The number of halogens is 1. The van der Waals surface area contributed by atoms with E-state index in [0.29, 0.717) is 30.7 Å². The van der Waals surface area contributed by atoms with Gasteiger partial charge in [-0.15, -0.1) is 0 Å². The van der Waals surface area contributed by atoms with E-state index in [0.717, 1.165) is 62.2 Å². The number of benzene rings is 1. The Kier molecular flexibility index (Phi) is 6.47. The largest absolute Gasteiger partial charge is 0.492 e. The summed E-state index contributed by atoms with van der Waals surface area (Å²) < 4.78 is 17.7. The third-order valence-corrected chi connectivity index (χ3v) is 5.65. The zero-order valence-electron chi connectivity index (χ0n) is 16.3. The molecule has 2 aliphatic rings. The number of ether oxygens (including phenoxy) is 3. The van der Waals surface area contributed by atoms with Crippen LogP contribution in [0, 0.1) is 0 Å². The summed E-state index contributed by atoms with van der Waals surface area (Å²) in [7, 11) is 2.16. The molecule has 1 aromatic heterocycles. The highest BCUT2D eigenvalue weighted by atomic mass is 35.5. The second-order valence-electron chi connectivity index (χ2n) is 7.40. The number of nitrogens with zero attached hydrogens (tertiary/aromatic N) is 4. The molecule has 7 nitrogen and oxygen atoms in total. The average Bonchev–Trinajstić information content (AvgIpc) is 2.70. The second kappa shape index (κ2) is 9.22. The molecule has 0 N–H and O–H groups in total. The fourth-order valence-electron chi connectivity index (χ4n) is 3.61. The number of piperazine rings is 1. The zero-order chi connectivity index (χ0) is 19.3. The lowest BCUT2D eigenvalue weighted by atomic mass is 10.1. The molecule has 2 aromatic rings. The lowest BCUT2D eigenvalue weighted by molar-refractivity contribution is 0.0261. The number of likely N-dealkylation sites (N-methyl/N-ethyl adjacent to an activating group) is 1. The Morgan fingerprint density at radius 3 is 2.71 bits per heavy atom. The van der Waals surface area contributed by atoms with Crippen LogP contribution in [0.4, 0.5) is 0 Å². The van der Waals surface area contributed by atoms with Gasteiger partial charge in [-0.05, 0) is 7.05 Å². The predicted octanol–water partition coefficient (Wildman–Crippen LogP) is 2.47. The first-order valence-corrected chi connectivity index (χ1v) is 10.3. The molecule has 152 valence electrons. The molecule has 0 saturated carbocycles. The number of hydrogen-bond donors (Lipinski definition) is 0. The van der Waals surface area contributed by atoms with Crippen LogP contribution in [0.1, 0.15) is 12.8 Å². The van der Waals surface area contributed by atoms with Gasteiger partial charge in [0.1, 0.15) is 35.7 Å². The average molecular weight is 407 g/mol. The SMILES string of the molecule is CN1CCN(CCOc2cc(OC3CCOCC3)c3c(Cl)ncnc3c2)CC1. The van der Waals surface area contributed by atoms with E-state index < -0.39 is 0 Å². The summed E-state index contributed by atoms with van der Waals surface area (Å²) in [4.78, 5) is 13.3. The lowest BCUT2D eigenvalue weighted by Crippen LogP contribution is -2.45. The Morgan fingerprint density at radius 2 is 1.93 bits per heavy atom. The Balaban J connectivity index is 1.47. The van der Waals surface area contributed by atoms with Crippen LogP contribution in [0.25, 0.3) is 10.9 Å². The van der Waals surface area contributed by atoms with Gasteiger partial charge in [0.25, 0.3) is 0 Å². The molecule has 1 aromatic carbocycles. The van der Waals surface area contributed by atoms with Crippen molar-refractivity contribution in [3.63, 3.8) is 0 Å². The minimum atomic E-state index is 0.105. The van der Waals surface area contributed by atoms with E-state index in [-0.39, 0.29) is 6.10 Å².